The van der Waals surface area contributed by atoms with Crippen LogP contribution in [0.25, 0.3) is 0 Å². The molecule has 0 fully saturated rings. The lowest BCUT2D eigenvalue weighted by molar-refractivity contribution is -0.158. The SMILES string of the molecule is CCCCc1ccc(S(=O)(=O)N[C@@H](C(=O)OC(C)(C)C)C(C)C)cc1. The number of rotatable bonds is 8. The van der Waals surface area contributed by atoms with Crippen molar-refractivity contribution < 1.29 is 17.9 Å². The van der Waals surface area contributed by atoms with Crippen molar-refractivity contribution in [3.05, 3.63) is 29.8 Å². The first-order valence-corrected chi connectivity index (χ1v) is 10.3. The van der Waals surface area contributed by atoms with Crippen molar-refractivity contribution in [2.75, 3.05) is 0 Å². The van der Waals surface area contributed by atoms with E-state index in [0.29, 0.717) is 0 Å². The van der Waals surface area contributed by atoms with Gasteiger partial charge in [0.15, 0.2) is 0 Å². The molecule has 1 atom stereocenters. The van der Waals surface area contributed by atoms with E-state index in [2.05, 4.69) is 11.6 Å². The summed E-state index contributed by atoms with van der Waals surface area (Å²) in [5.41, 5.74) is 0.435. The van der Waals surface area contributed by atoms with E-state index in [0.717, 1.165) is 24.8 Å². The topological polar surface area (TPSA) is 72.5 Å². The lowest BCUT2D eigenvalue weighted by Crippen LogP contribution is -2.47. The van der Waals surface area contributed by atoms with Crippen LogP contribution in [0.2, 0.25) is 0 Å². The van der Waals surface area contributed by atoms with E-state index in [9.17, 15) is 13.2 Å². The zero-order valence-electron chi connectivity index (χ0n) is 16.1. The third kappa shape index (κ3) is 7.16. The monoisotopic (exact) mass is 369 g/mol. The number of carbonyl (C=O) groups excluding carboxylic acids is 1. The number of esters is 1. The molecule has 6 heteroatoms. The van der Waals surface area contributed by atoms with Gasteiger partial charge in [-0.3, -0.25) is 4.79 Å². The predicted octanol–water partition coefficient (Wildman–Crippen LogP) is 3.67. The van der Waals surface area contributed by atoms with Gasteiger partial charge in [-0.05, 0) is 57.2 Å². The molecule has 0 unspecified atom stereocenters. The minimum atomic E-state index is -3.79. The Hall–Kier alpha value is -1.40. The van der Waals surface area contributed by atoms with Gasteiger partial charge < -0.3 is 4.74 Å². The standard InChI is InChI=1S/C19H31NO4S/c1-7-8-9-15-10-12-16(13-11-15)25(22,23)20-17(14(2)3)18(21)24-19(4,5)6/h10-14,17,20H,7-9H2,1-6H3/t17-/m1/s1. The lowest BCUT2D eigenvalue weighted by atomic mass is 10.1. The predicted molar refractivity (Wildman–Crippen MR) is 99.8 cm³/mol. The van der Waals surface area contributed by atoms with E-state index in [1.54, 1.807) is 46.8 Å². The number of hydrogen-bond donors (Lipinski definition) is 1. The Labute approximate surface area is 152 Å². The van der Waals surface area contributed by atoms with E-state index < -0.39 is 27.6 Å². The molecule has 25 heavy (non-hydrogen) atoms. The summed E-state index contributed by atoms with van der Waals surface area (Å²) in [6.45, 7) is 10.9. The molecular formula is C19H31NO4S. The molecular weight excluding hydrogens is 338 g/mol. The summed E-state index contributed by atoms with van der Waals surface area (Å²) in [5.74, 6) is -0.793. The molecule has 0 radical (unpaired) electrons. The summed E-state index contributed by atoms with van der Waals surface area (Å²) in [6.07, 6.45) is 3.09. The minimum Gasteiger partial charge on any atom is -0.459 e. The van der Waals surface area contributed by atoms with Crippen molar-refractivity contribution >= 4 is 16.0 Å². The normalized spacial score (nSPS) is 13.7. The number of carbonyl (C=O) groups is 1. The zero-order valence-corrected chi connectivity index (χ0v) is 16.9. The molecule has 5 nitrogen and oxygen atoms in total. The van der Waals surface area contributed by atoms with Crippen LogP contribution in [0.5, 0.6) is 0 Å². The highest BCUT2D eigenvalue weighted by Gasteiger charge is 2.32. The van der Waals surface area contributed by atoms with Crippen LogP contribution >= 0.6 is 0 Å². The quantitative estimate of drug-likeness (QED) is 0.710. The van der Waals surface area contributed by atoms with E-state index >= 15 is 0 Å². The Morgan fingerprint density at radius 2 is 1.72 bits per heavy atom. The molecule has 1 rings (SSSR count). The molecule has 142 valence electrons. The number of unbranched alkanes of at least 4 members (excludes halogenated alkanes) is 1. The van der Waals surface area contributed by atoms with Crippen molar-refractivity contribution in [2.45, 2.75) is 77.3 Å². The Bertz CT molecular complexity index is 658. The number of aryl methyl sites for hydroxylation is 1. The average molecular weight is 370 g/mol. The molecule has 1 aromatic carbocycles. The van der Waals surface area contributed by atoms with Crippen LogP contribution < -0.4 is 4.72 Å². The van der Waals surface area contributed by atoms with Crippen LogP contribution in [0, 0.1) is 5.92 Å². The van der Waals surface area contributed by atoms with Gasteiger partial charge in [-0.25, -0.2) is 8.42 Å². The highest BCUT2D eigenvalue weighted by molar-refractivity contribution is 7.89. The number of hydrogen-bond acceptors (Lipinski definition) is 4. The molecule has 0 aliphatic carbocycles. The smallest absolute Gasteiger partial charge is 0.324 e. The molecule has 0 aliphatic heterocycles. The summed E-state index contributed by atoms with van der Waals surface area (Å²) in [7, 11) is -3.79. The Balaban J connectivity index is 2.94. The second-order valence-electron chi connectivity index (χ2n) is 7.62. The molecule has 0 saturated heterocycles. The van der Waals surface area contributed by atoms with Crippen molar-refractivity contribution in [1.82, 2.24) is 4.72 Å². The largest absolute Gasteiger partial charge is 0.459 e. The van der Waals surface area contributed by atoms with Gasteiger partial charge in [0.05, 0.1) is 4.90 Å². The van der Waals surface area contributed by atoms with Crippen molar-refractivity contribution in [3.8, 4) is 0 Å². The molecule has 1 N–H and O–H groups in total. The number of sulfonamides is 1. The van der Waals surface area contributed by atoms with Crippen LogP contribution in [0.3, 0.4) is 0 Å². The van der Waals surface area contributed by atoms with Crippen LogP contribution in [0.4, 0.5) is 0 Å². The lowest BCUT2D eigenvalue weighted by Gasteiger charge is -2.26. The fourth-order valence-electron chi connectivity index (χ4n) is 2.27. The van der Waals surface area contributed by atoms with Crippen molar-refractivity contribution in [3.63, 3.8) is 0 Å². The summed E-state index contributed by atoms with van der Waals surface area (Å²) in [4.78, 5) is 12.5. The fraction of sp³-hybridized carbons (Fsp3) is 0.632. The Morgan fingerprint density at radius 1 is 1.16 bits per heavy atom. The molecule has 0 heterocycles. The second-order valence-corrected chi connectivity index (χ2v) is 9.34. The third-order valence-electron chi connectivity index (χ3n) is 3.66. The highest BCUT2D eigenvalue weighted by Crippen LogP contribution is 2.17. The first-order valence-electron chi connectivity index (χ1n) is 8.80. The Morgan fingerprint density at radius 3 is 2.16 bits per heavy atom. The van der Waals surface area contributed by atoms with Crippen LogP contribution in [0.15, 0.2) is 29.2 Å². The van der Waals surface area contributed by atoms with E-state index in [4.69, 9.17) is 4.74 Å². The van der Waals surface area contributed by atoms with Gasteiger partial charge in [-0.2, -0.15) is 4.72 Å². The zero-order chi connectivity index (χ0) is 19.3. The van der Waals surface area contributed by atoms with E-state index in [1.807, 2.05) is 12.1 Å². The van der Waals surface area contributed by atoms with Crippen LogP contribution in [-0.2, 0) is 26.0 Å². The summed E-state index contributed by atoms with van der Waals surface area (Å²) < 4.78 is 33.1. The molecule has 0 saturated carbocycles. The van der Waals surface area contributed by atoms with Gasteiger partial charge in [0.25, 0.3) is 0 Å². The van der Waals surface area contributed by atoms with Gasteiger partial charge >= 0.3 is 5.97 Å². The molecule has 1 aromatic rings. The average Bonchev–Trinajstić information content (AvgIpc) is 2.49. The number of benzene rings is 1. The van der Waals surface area contributed by atoms with Crippen molar-refractivity contribution in [2.24, 2.45) is 5.92 Å². The van der Waals surface area contributed by atoms with E-state index in [1.165, 1.54) is 0 Å². The van der Waals surface area contributed by atoms with Gasteiger partial charge in [-0.1, -0.05) is 39.3 Å². The highest BCUT2D eigenvalue weighted by atomic mass is 32.2. The number of nitrogens with one attached hydrogen (secondary N) is 1. The molecule has 0 bridgehead atoms. The molecule has 0 amide bonds. The van der Waals surface area contributed by atoms with Crippen molar-refractivity contribution in [1.29, 1.82) is 0 Å². The fourth-order valence-corrected chi connectivity index (χ4v) is 3.61. The minimum absolute atomic E-state index is 0.155. The molecule has 0 aromatic heterocycles. The van der Waals surface area contributed by atoms with E-state index in [-0.39, 0.29) is 10.8 Å². The van der Waals surface area contributed by atoms with Crippen LogP contribution in [0.1, 0.15) is 59.9 Å². The first kappa shape index (κ1) is 21.6. The van der Waals surface area contributed by atoms with Gasteiger partial charge in [0, 0.05) is 0 Å². The molecule has 0 spiro atoms. The van der Waals surface area contributed by atoms with Gasteiger partial charge in [-0.15, -0.1) is 0 Å². The van der Waals surface area contributed by atoms with Gasteiger partial charge in [0.1, 0.15) is 11.6 Å². The maximum atomic E-state index is 12.6. The first-order chi connectivity index (χ1) is 11.5. The summed E-state index contributed by atoms with van der Waals surface area (Å²) in [6, 6.07) is 5.88. The third-order valence-corrected chi connectivity index (χ3v) is 5.12. The molecule has 0 aliphatic rings. The Kier molecular flexibility index (Phi) is 7.62. The van der Waals surface area contributed by atoms with Gasteiger partial charge in [0.2, 0.25) is 10.0 Å². The second kappa shape index (κ2) is 8.81. The van der Waals surface area contributed by atoms with Crippen LogP contribution in [-0.4, -0.2) is 26.0 Å². The summed E-state index contributed by atoms with van der Waals surface area (Å²) >= 11 is 0. The maximum Gasteiger partial charge on any atom is 0.324 e. The number of ether oxygens (including phenoxy) is 1. The maximum absolute atomic E-state index is 12.6. The summed E-state index contributed by atoms with van der Waals surface area (Å²) in [5, 5.41) is 0.